The van der Waals surface area contributed by atoms with Gasteiger partial charge in [0.05, 0.1) is 11.1 Å². The maximum atomic E-state index is 13.7. The third-order valence-electron chi connectivity index (χ3n) is 7.16. The zero-order valence-electron chi connectivity index (χ0n) is 18.1. The van der Waals surface area contributed by atoms with E-state index in [0.29, 0.717) is 12.3 Å². The van der Waals surface area contributed by atoms with Gasteiger partial charge in [0.25, 0.3) is 5.56 Å². The van der Waals surface area contributed by atoms with Crippen LogP contribution in [0.4, 0.5) is 0 Å². The molecule has 3 aromatic heterocycles. The molecule has 0 atom stereocenters. The van der Waals surface area contributed by atoms with E-state index in [-0.39, 0.29) is 17.5 Å². The average Bonchev–Trinajstić information content (AvgIpc) is 3.56. The highest BCUT2D eigenvalue weighted by atomic mass is 32.2. The van der Waals surface area contributed by atoms with Crippen molar-refractivity contribution in [2.75, 3.05) is 12.3 Å². The normalized spacial score (nSPS) is 18.8. The van der Waals surface area contributed by atoms with Crippen LogP contribution in [-0.2, 0) is 30.6 Å². The number of fused-ring (bicyclic) bond motifs is 4. The minimum Gasteiger partial charge on any atom is -0.337 e. The summed E-state index contributed by atoms with van der Waals surface area (Å²) in [6.45, 7) is 1.49. The lowest BCUT2D eigenvalue weighted by atomic mass is 9.97. The second kappa shape index (κ2) is 8.61. The van der Waals surface area contributed by atoms with Gasteiger partial charge in [-0.2, -0.15) is 0 Å². The Hall–Kier alpha value is -1.64. The van der Waals surface area contributed by atoms with Crippen LogP contribution in [-0.4, -0.2) is 32.7 Å². The molecule has 6 rings (SSSR count). The largest absolute Gasteiger partial charge is 0.337 e. The van der Waals surface area contributed by atoms with E-state index in [1.54, 1.807) is 22.7 Å². The highest BCUT2D eigenvalue weighted by Crippen LogP contribution is 2.37. The number of amides is 1. The summed E-state index contributed by atoms with van der Waals surface area (Å²) in [5, 5.41) is 3.73. The van der Waals surface area contributed by atoms with Crippen LogP contribution < -0.4 is 5.56 Å². The van der Waals surface area contributed by atoms with Crippen LogP contribution in [0.2, 0.25) is 0 Å². The van der Waals surface area contributed by atoms with Gasteiger partial charge >= 0.3 is 0 Å². The predicted octanol–water partition coefficient (Wildman–Crippen LogP) is 5.19. The highest BCUT2D eigenvalue weighted by Gasteiger charge is 2.28. The monoisotopic (exact) mass is 485 g/mol. The zero-order chi connectivity index (χ0) is 21.7. The van der Waals surface area contributed by atoms with Crippen molar-refractivity contribution in [3.8, 4) is 0 Å². The van der Waals surface area contributed by atoms with Crippen LogP contribution in [0.5, 0.6) is 0 Å². The second-order valence-electron chi connectivity index (χ2n) is 9.12. The molecular formula is C24H27N3O2S3. The number of rotatable bonds is 4. The third kappa shape index (κ3) is 3.64. The van der Waals surface area contributed by atoms with Gasteiger partial charge in [-0.1, -0.05) is 24.6 Å². The van der Waals surface area contributed by atoms with Crippen LogP contribution in [0.1, 0.15) is 65.4 Å². The number of nitrogens with zero attached hydrogens (tertiary/aromatic N) is 3. The van der Waals surface area contributed by atoms with Gasteiger partial charge in [-0.25, -0.2) is 4.98 Å². The van der Waals surface area contributed by atoms with Crippen molar-refractivity contribution in [2.24, 2.45) is 0 Å². The van der Waals surface area contributed by atoms with Crippen molar-refractivity contribution < 1.29 is 4.79 Å². The van der Waals surface area contributed by atoms with E-state index in [9.17, 15) is 9.59 Å². The Morgan fingerprint density at radius 2 is 1.97 bits per heavy atom. The minimum atomic E-state index is 0.136. The first-order chi connectivity index (χ1) is 15.7. The Morgan fingerprint density at radius 1 is 1.12 bits per heavy atom. The molecule has 0 bridgehead atoms. The zero-order valence-corrected chi connectivity index (χ0v) is 20.5. The van der Waals surface area contributed by atoms with Crippen LogP contribution >= 0.6 is 34.4 Å². The van der Waals surface area contributed by atoms with E-state index in [2.05, 4.69) is 11.4 Å². The fourth-order valence-electron chi connectivity index (χ4n) is 5.46. The summed E-state index contributed by atoms with van der Waals surface area (Å²) in [6, 6.07) is 2.36. The van der Waals surface area contributed by atoms with Gasteiger partial charge in [0.1, 0.15) is 4.83 Å². The number of carbonyl (C=O) groups is 1. The van der Waals surface area contributed by atoms with Crippen LogP contribution in [0.25, 0.3) is 10.2 Å². The summed E-state index contributed by atoms with van der Waals surface area (Å²) in [6.07, 6.45) is 9.78. The topological polar surface area (TPSA) is 55.2 Å². The summed E-state index contributed by atoms with van der Waals surface area (Å²) in [4.78, 5) is 37.4. The molecule has 4 heterocycles. The Morgan fingerprint density at radius 3 is 2.84 bits per heavy atom. The Balaban J connectivity index is 1.31. The molecule has 1 aliphatic heterocycles. The van der Waals surface area contributed by atoms with Crippen molar-refractivity contribution in [2.45, 2.75) is 75.5 Å². The first-order valence-corrected chi connectivity index (χ1v) is 14.4. The molecule has 1 saturated carbocycles. The van der Waals surface area contributed by atoms with Crippen LogP contribution in [0.3, 0.4) is 0 Å². The number of hydrogen-bond acceptors (Lipinski definition) is 6. The Kier molecular flexibility index (Phi) is 5.63. The van der Waals surface area contributed by atoms with E-state index < -0.39 is 0 Å². The molecule has 0 saturated heterocycles. The van der Waals surface area contributed by atoms with Crippen molar-refractivity contribution in [1.82, 2.24) is 14.5 Å². The lowest BCUT2D eigenvalue weighted by Crippen LogP contribution is -2.36. The number of hydrogen-bond donors (Lipinski definition) is 0. The summed E-state index contributed by atoms with van der Waals surface area (Å²) in [7, 11) is 0. The summed E-state index contributed by atoms with van der Waals surface area (Å²) in [5.41, 5.74) is 2.68. The molecular weight excluding hydrogens is 458 g/mol. The van der Waals surface area contributed by atoms with Gasteiger partial charge in [-0.05, 0) is 67.5 Å². The maximum absolute atomic E-state index is 13.7. The fraction of sp³-hybridized carbons (Fsp3) is 0.542. The molecule has 1 amide bonds. The van der Waals surface area contributed by atoms with Gasteiger partial charge in [0.15, 0.2) is 5.16 Å². The number of carbonyl (C=O) groups excluding carboxylic acids is 1. The lowest BCUT2D eigenvalue weighted by molar-refractivity contribution is -0.129. The number of thiophene rings is 2. The molecule has 32 heavy (non-hydrogen) atoms. The van der Waals surface area contributed by atoms with E-state index in [4.69, 9.17) is 4.98 Å². The first-order valence-electron chi connectivity index (χ1n) is 11.7. The predicted molar refractivity (Wildman–Crippen MR) is 132 cm³/mol. The molecule has 1 fully saturated rings. The van der Waals surface area contributed by atoms with E-state index in [1.807, 2.05) is 9.47 Å². The van der Waals surface area contributed by atoms with E-state index in [0.717, 1.165) is 73.3 Å². The van der Waals surface area contributed by atoms with Gasteiger partial charge in [-0.15, -0.1) is 22.7 Å². The number of thioether (sulfide) groups is 1. The van der Waals surface area contributed by atoms with Crippen molar-refractivity contribution in [3.05, 3.63) is 42.7 Å². The quantitative estimate of drug-likeness (QED) is 0.377. The molecule has 5 nitrogen and oxygen atoms in total. The molecule has 0 N–H and O–H groups in total. The van der Waals surface area contributed by atoms with Gasteiger partial charge in [-0.3, -0.25) is 14.2 Å². The number of aryl methyl sites for hydroxylation is 2. The van der Waals surface area contributed by atoms with E-state index >= 15 is 0 Å². The molecule has 2 aliphatic carbocycles. The van der Waals surface area contributed by atoms with Crippen molar-refractivity contribution >= 4 is 50.6 Å². The Labute approximate surface area is 199 Å². The first kappa shape index (κ1) is 20.9. The van der Waals surface area contributed by atoms with Gasteiger partial charge < -0.3 is 4.90 Å². The van der Waals surface area contributed by atoms with Gasteiger partial charge in [0.2, 0.25) is 5.91 Å². The second-order valence-corrected chi connectivity index (χ2v) is 12.1. The standard InChI is InChI=1S/C24H27N3O2S3/c28-20(26-11-9-18-15(13-26)10-12-30-18)14-31-24-25-22-21(17-7-3-4-8-19(17)32-22)23(29)27(24)16-5-1-2-6-16/h10,12,16H,1-9,11,13-14H2. The van der Waals surface area contributed by atoms with Crippen molar-refractivity contribution in [3.63, 3.8) is 0 Å². The molecule has 0 spiro atoms. The molecule has 0 unspecified atom stereocenters. The van der Waals surface area contributed by atoms with Crippen molar-refractivity contribution in [1.29, 1.82) is 0 Å². The van der Waals surface area contributed by atoms with E-state index in [1.165, 1.54) is 39.1 Å². The molecule has 0 aromatic carbocycles. The SMILES string of the molecule is O=C(CSc1nc2sc3c(c2c(=O)n1C1CCCC1)CCCC3)N1CCc2sccc2C1. The average molecular weight is 486 g/mol. The third-order valence-corrected chi connectivity index (χ3v) is 10.3. The molecule has 3 aliphatic rings. The Bertz CT molecular complexity index is 1240. The maximum Gasteiger partial charge on any atom is 0.263 e. The fourth-order valence-corrected chi connectivity index (χ4v) is 8.63. The summed E-state index contributed by atoms with van der Waals surface area (Å²) in [5.74, 6) is 0.486. The van der Waals surface area contributed by atoms with Crippen LogP contribution in [0.15, 0.2) is 21.4 Å². The number of aromatic nitrogens is 2. The summed E-state index contributed by atoms with van der Waals surface area (Å²) >= 11 is 4.96. The molecule has 0 radical (unpaired) electrons. The molecule has 3 aromatic rings. The lowest BCUT2D eigenvalue weighted by Gasteiger charge is -2.27. The smallest absolute Gasteiger partial charge is 0.263 e. The summed E-state index contributed by atoms with van der Waals surface area (Å²) < 4.78 is 1.96. The van der Waals surface area contributed by atoms with Crippen LogP contribution in [0, 0.1) is 0 Å². The molecule has 8 heteroatoms. The highest BCUT2D eigenvalue weighted by molar-refractivity contribution is 7.99. The minimum absolute atomic E-state index is 0.136. The molecule has 168 valence electrons. The van der Waals surface area contributed by atoms with Gasteiger partial charge in [0, 0.05) is 28.9 Å².